The molecule has 0 aromatic heterocycles. The van der Waals surface area contributed by atoms with Crippen LogP contribution in [0.2, 0.25) is 0 Å². The summed E-state index contributed by atoms with van der Waals surface area (Å²) >= 11 is 0. The van der Waals surface area contributed by atoms with E-state index in [-0.39, 0.29) is 23.4 Å². The van der Waals surface area contributed by atoms with Crippen molar-refractivity contribution in [1.82, 2.24) is 5.32 Å². The van der Waals surface area contributed by atoms with Gasteiger partial charge in [-0.2, -0.15) is 0 Å². The summed E-state index contributed by atoms with van der Waals surface area (Å²) in [6.45, 7) is 12.3. The molecule has 0 atom stereocenters. The zero-order valence-electron chi connectivity index (χ0n) is 16.0. The molecule has 0 aliphatic carbocycles. The summed E-state index contributed by atoms with van der Waals surface area (Å²) in [6, 6.07) is 14.7. The van der Waals surface area contributed by atoms with Gasteiger partial charge in [-0.3, -0.25) is 0 Å². The highest BCUT2D eigenvalue weighted by Gasteiger charge is 2.24. The Labute approximate surface area is 151 Å². The average molecular weight is 343 g/mol. The van der Waals surface area contributed by atoms with E-state index in [4.69, 9.17) is 4.74 Å². The van der Waals surface area contributed by atoms with Crippen LogP contribution in [0.1, 0.15) is 52.2 Å². The summed E-state index contributed by atoms with van der Waals surface area (Å²) in [5, 5.41) is 3.63. The van der Waals surface area contributed by atoms with Crippen molar-refractivity contribution in [3.8, 4) is 5.75 Å². The van der Waals surface area contributed by atoms with Crippen LogP contribution in [0.25, 0.3) is 0 Å². The van der Waals surface area contributed by atoms with Crippen LogP contribution in [-0.4, -0.2) is 5.54 Å². The van der Waals surface area contributed by atoms with Crippen LogP contribution in [0.4, 0.5) is 4.39 Å². The van der Waals surface area contributed by atoms with Gasteiger partial charge in [0.25, 0.3) is 0 Å². The van der Waals surface area contributed by atoms with Crippen LogP contribution >= 0.6 is 0 Å². The van der Waals surface area contributed by atoms with E-state index in [1.54, 1.807) is 12.1 Å². The Morgan fingerprint density at radius 3 is 2.36 bits per heavy atom. The molecule has 2 nitrogen and oxygen atoms in total. The third-order valence-corrected chi connectivity index (χ3v) is 3.99. The third-order valence-electron chi connectivity index (χ3n) is 3.99. The van der Waals surface area contributed by atoms with E-state index in [0.29, 0.717) is 5.56 Å². The number of nitrogens with one attached hydrogen (secondary N) is 1. The van der Waals surface area contributed by atoms with E-state index in [1.807, 2.05) is 24.3 Å². The Bertz CT molecular complexity index is 688. The van der Waals surface area contributed by atoms with Crippen LogP contribution in [0.5, 0.6) is 5.75 Å². The van der Waals surface area contributed by atoms with Gasteiger partial charge in [-0.1, -0.05) is 51.1 Å². The molecule has 0 amide bonds. The lowest BCUT2D eigenvalue weighted by Gasteiger charge is -2.33. The molecule has 2 rings (SSSR count). The second-order valence-corrected chi connectivity index (χ2v) is 8.50. The molecule has 2 aromatic rings. The number of hydrogen-bond acceptors (Lipinski definition) is 2. The molecule has 0 radical (unpaired) electrons. The minimum Gasteiger partial charge on any atom is -0.489 e. The van der Waals surface area contributed by atoms with Gasteiger partial charge < -0.3 is 10.1 Å². The van der Waals surface area contributed by atoms with Crippen LogP contribution in [0, 0.1) is 11.2 Å². The van der Waals surface area contributed by atoms with Crippen molar-refractivity contribution in [2.75, 3.05) is 0 Å². The second kappa shape index (κ2) is 8.01. The van der Waals surface area contributed by atoms with E-state index in [2.05, 4.69) is 46.0 Å². The molecule has 1 N–H and O–H groups in total. The minimum absolute atomic E-state index is 0.0578. The average Bonchev–Trinajstić information content (AvgIpc) is 2.51. The Balaban J connectivity index is 1.94. The topological polar surface area (TPSA) is 21.3 Å². The summed E-state index contributed by atoms with van der Waals surface area (Å²) in [5.74, 6) is 0.528. The van der Waals surface area contributed by atoms with Crippen molar-refractivity contribution in [3.63, 3.8) is 0 Å². The van der Waals surface area contributed by atoms with Gasteiger partial charge in [-0.05, 0) is 49.4 Å². The fraction of sp³-hybridized carbons (Fsp3) is 0.455. The maximum absolute atomic E-state index is 13.7. The van der Waals surface area contributed by atoms with E-state index < -0.39 is 0 Å². The number of rotatable bonds is 7. The van der Waals surface area contributed by atoms with Crippen LogP contribution in [-0.2, 0) is 13.2 Å². The summed E-state index contributed by atoms with van der Waals surface area (Å²) in [6.07, 6.45) is 1.09. The van der Waals surface area contributed by atoms with Gasteiger partial charge in [0.1, 0.15) is 18.2 Å². The molecule has 0 bridgehead atoms. The SMILES string of the molecule is CC(C)(C)CC(C)(C)NCc1cccc(OCc2ccccc2F)c1. The first kappa shape index (κ1) is 19.5. The molecule has 0 saturated carbocycles. The normalized spacial score (nSPS) is 12.2. The maximum atomic E-state index is 13.7. The third kappa shape index (κ3) is 6.87. The van der Waals surface area contributed by atoms with Crippen LogP contribution in [0.3, 0.4) is 0 Å². The first-order valence-corrected chi connectivity index (χ1v) is 8.85. The fourth-order valence-corrected chi connectivity index (χ4v) is 3.25. The maximum Gasteiger partial charge on any atom is 0.129 e. The minimum atomic E-state index is -0.232. The highest BCUT2D eigenvalue weighted by Crippen LogP contribution is 2.27. The predicted molar refractivity (Wildman–Crippen MR) is 102 cm³/mol. The molecule has 136 valence electrons. The quantitative estimate of drug-likeness (QED) is 0.695. The Hall–Kier alpha value is -1.87. The standard InChI is InChI=1S/C22H30FNO/c1-21(2,3)16-22(4,5)24-14-17-9-8-11-19(13-17)25-15-18-10-6-7-12-20(18)23/h6-13,24H,14-16H2,1-5H3. The zero-order chi connectivity index (χ0) is 18.5. The molecular weight excluding hydrogens is 313 g/mol. The Morgan fingerprint density at radius 2 is 1.68 bits per heavy atom. The first-order chi connectivity index (χ1) is 11.6. The molecule has 0 heterocycles. The molecule has 0 aliphatic rings. The zero-order valence-corrected chi connectivity index (χ0v) is 16.0. The molecule has 25 heavy (non-hydrogen) atoms. The van der Waals surface area contributed by atoms with Crippen molar-refractivity contribution in [3.05, 3.63) is 65.5 Å². The van der Waals surface area contributed by atoms with Crippen LogP contribution < -0.4 is 10.1 Å². The molecule has 2 aromatic carbocycles. The summed E-state index contributed by atoms with van der Waals surface area (Å²) in [7, 11) is 0. The largest absolute Gasteiger partial charge is 0.489 e. The van der Waals surface area contributed by atoms with Crippen LogP contribution in [0.15, 0.2) is 48.5 Å². The molecule has 0 fully saturated rings. The molecule has 0 spiro atoms. The molecular formula is C22H30FNO. The van der Waals surface area contributed by atoms with Gasteiger partial charge in [0.05, 0.1) is 0 Å². The molecule has 0 aliphatic heterocycles. The van der Waals surface area contributed by atoms with Gasteiger partial charge in [-0.15, -0.1) is 0 Å². The molecule has 3 heteroatoms. The van der Waals surface area contributed by atoms with Crippen molar-refractivity contribution >= 4 is 0 Å². The van der Waals surface area contributed by atoms with Gasteiger partial charge in [0, 0.05) is 17.6 Å². The second-order valence-electron chi connectivity index (χ2n) is 8.50. The van der Waals surface area contributed by atoms with E-state index >= 15 is 0 Å². The van der Waals surface area contributed by atoms with E-state index in [1.165, 1.54) is 6.07 Å². The fourth-order valence-electron chi connectivity index (χ4n) is 3.25. The smallest absolute Gasteiger partial charge is 0.129 e. The lowest BCUT2D eigenvalue weighted by Crippen LogP contribution is -2.41. The molecule has 0 saturated heterocycles. The Kier molecular flexibility index (Phi) is 6.23. The summed E-state index contributed by atoms with van der Waals surface area (Å²) in [5.41, 5.74) is 2.06. The monoisotopic (exact) mass is 343 g/mol. The number of hydrogen-bond donors (Lipinski definition) is 1. The highest BCUT2D eigenvalue weighted by atomic mass is 19.1. The van der Waals surface area contributed by atoms with Gasteiger partial charge in [-0.25, -0.2) is 4.39 Å². The lowest BCUT2D eigenvalue weighted by atomic mass is 9.82. The predicted octanol–water partition coefficient (Wildman–Crippen LogP) is 5.71. The lowest BCUT2D eigenvalue weighted by molar-refractivity contribution is 0.240. The summed E-state index contributed by atoms with van der Waals surface area (Å²) in [4.78, 5) is 0. The number of ether oxygens (including phenoxy) is 1. The molecule has 0 unspecified atom stereocenters. The van der Waals surface area contributed by atoms with E-state index in [0.717, 1.165) is 24.3 Å². The number of benzene rings is 2. The highest BCUT2D eigenvalue weighted by molar-refractivity contribution is 5.29. The van der Waals surface area contributed by atoms with Crippen molar-refractivity contribution in [1.29, 1.82) is 0 Å². The van der Waals surface area contributed by atoms with Crippen molar-refractivity contribution in [2.45, 2.75) is 59.7 Å². The van der Waals surface area contributed by atoms with Crippen molar-refractivity contribution in [2.24, 2.45) is 5.41 Å². The van der Waals surface area contributed by atoms with Gasteiger partial charge in [0.2, 0.25) is 0 Å². The first-order valence-electron chi connectivity index (χ1n) is 8.85. The van der Waals surface area contributed by atoms with Gasteiger partial charge in [0.15, 0.2) is 0 Å². The van der Waals surface area contributed by atoms with E-state index in [9.17, 15) is 4.39 Å². The Morgan fingerprint density at radius 1 is 0.960 bits per heavy atom. The summed E-state index contributed by atoms with van der Waals surface area (Å²) < 4.78 is 19.4. The van der Waals surface area contributed by atoms with Gasteiger partial charge >= 0.3 is 0 Å². The van der Waals surface area contributed by atoms with Crippen molar-refractivity contribution < 1.29 is 9.13 Å². The number of halogens is 1.